The van der Waals surface area contributed by atoms with Crippen LogP contribution in [0.4, 0.5) is 0 Å². The monoisotopic (exact) mass is 450 g/mol. The second kappa shape index (κ2) is 18.3. The number of nitrogens with zero attached hydrogens (tertiary/aromatic N) is 2. The summed E-state index contributed by atoms with van der Waals surface area (Å²) >= 11 is 0. The zero-order chi connectivity index (χ0) is 23.4. The van der Waals surface area contributed by atoms with Crippen molar-refractivity contribution in [3.8, 4) is 17.1 Å². The van der Waals surface area contributed by atoms with Gasteiger partial charge in [0.2, 0.25) is 0 Å². The Balaban J connectivity index is 1.61. The van der Waals surface area contributed by atoms with Gasteiger partial charge in [0.25, 0.3) is 0 Å². The average molecular weight is 451 g/mol. The van der Waals surface area contributed by atoms with Gasteiger partial charge in [-0.1, -0.05) is 90.9 Å². The van der Waals surface area contributed by atoms with Gasteiger partial charge >= 0.3 is 0 Å². The molecule has 0 saturated heterocycles. The Labute approximate surface area is 203 Å². The number of allylic oxidation sites excluding steroid dienone is 1. The molecule has 0 N–H and O–H groups in total. The number of hydrogen-bond acceptors (Lipinski definition) is 3. The fourth-order valence-corrected chi connectivity index (χ4v) is 4.02. The third kappa shape index (κ3) is 12.6. The number of aryl methyl sites for hydroxylation is 1. The molecular weight excluding hydrogens is 404 g/mol. The van der Waals surface area contributed by atoms with Crippen molar-refractivity contribution in [2.45, 2.75) is 117 Å². The van der Waals surface area contributed by atoms with E-state index in [1.165, 1.54) is 95.5 Å². The van der Waals surface area contributed by atoms with Crippen LogP contribution in [0.25, 0.3) is 11.4 Å². The van der Waals surface area contributed by atoms with E-state index in [2.05, 4.69) is 29.9 Å². The highest BCUT2D eigenvalue weighted by Crippen LogP contribution is 2.20. The normalized spacial score (nSPS) is 11.3. The molecule has 0 fully saturated rings. The predicted molar refractivity (Wildman–Crippen MR) is 142 cm³/mol. The highest BCUT2D eigenvalue weighted by Gasteiger charge is 2.03. The lowest BCUT2D eigenvalue weighted by atomic mass is 10.1. The summed E-state index contributed by atoms with van der Waals surface area (Å²) in [6.07, 6.45) is 28.8. The minimum absolute atomic E-state index is 0.776. The molecule has 0 spiro atoms. The number of ether oxygens (including phenoxy) is 1. The first kappa shape index (κ1) is 27.1. The molecule has 0 aliphatic heterocycles. The zero-order valence-corrected chi connectivity index (χ0v) is 21.2. The number of hydrogen-bond donors (Lipinski definition) is 0. The van der Waals surface area contributed by atoms with Gasteiger partial charge < -0.3 is 4.74 Å². The Morgan fingerprint density at radius 3 is 1.82 bits per heavy atom. The zero-order valence-electron chi connectivity index (χ0n) is 21.2. The topological polar surface area (TPSA) is 35.0 Å². The third-order valence-corrected chi connectivity index (χ3v) is 6.16. The van der Waals surface area contributed by atoms with Crippen molar-refractivity contribution in [1.29, 1.82) is 0 Å². The molecule has 0 saturated carbocycles. The number of rotatable bonds is 19. The van der Waals surface area contributed by atoms with Crippen LogP contribution in [0.15, 0.2) is 49.0 Å². The van der Waals surface area contributed by atoms with Crippen molar-refractivity contribution in [3.63, 3.8) is 0 Å². The first-order chi connectivity index (χ1) is 16.3. The highest BCUT2D eigenvalue weighted by molar-refractivity contribution is 5.55. The van der Waals surface area contributed by atoms with Crippen molar-refractivity contribution in [3.05, 3.63) is 54.6 Å². The van der Waals surface area contributed by atoms with E-state index in [0.29, 0.717) is 0 Å². The van der Waals surface area contributed by atoms with Gasteiger partial charge in [0.15, 0.2) is 5.82 Å². The standard InChI is InChI=1S/C30H46N2O/c1-3-5-7-9-11-12-13-14-16-18-24-33-29-22-20-28(21-23-29)30-31-25-27(26-32-30)19-17-15-10-8-6-4-2/h18,20-26H,3-17,19H2,1-2H3/b24-18-. The predicted octanol–water partition coefficient (Wildman–Crippen LogP) is 9.47. The number of benzene rings is 1. The van der Waals surface area contributed by atoms with E-state index in [1.807, 2.05) is 42.9 Å². The molecule has 1 aromatic heterocycles. The van der Waals surface area contributed by atoms with Crippen molar-refractivity contribution in [2.75, 3.05) is 0 Å². The second-order valence-corrected chi connectivity index (χ2v) is 9.21. The first-order valence-electron chi connectivity index (χ1n) is 13.6. The Bertz CT molecular complexity index is 737. The molecule has 0 bridgehead atoms. The molecule has 0 unspecified atom stereocenters. The van der Waals surface area contributed by atoms with Crippen LogP contribution in [0.1, 0.15) is 116 Å². The van der Waals surface area contributed by atoms with Crippen molar-refractivity contribution in [2.24, 2.45) is 0 Å². The molecule has 0 aliphatic carbocycles. The third-order valence-electron chi connectivity index (χ3n) is 6.16. The average Bonchev–Trinajstić information content (AvgIpc) is 2.85. The summed E-state index contributed by atoms with van der Waals surface area (Å²) in [6, 6.07) is 8.04. The molecule has 2 rings (SSSR count). The highest BCUT2D eigenvalue weighted by atomic mass is 16.5. The van der Waals surface area contributed by atoms with E-state index in [4.69, 9.17) is 4.74 Å². The lowest BCUT2D eigenvalue weighted by Gasteiger charge is -2.05. The summed E-state index contributed by atoms with van der Waals surface area (Å²) in [5, 5.41) is 0. The molecule has 2 aromatic rings. The molecule has 1 aromatic carbocycles. The Kier molecular flexibility index (Phi) is 15.0. The van der Waals surface area contributed by atoms with E-state index in [-0.39, 0.29) is 0 Å². The van der Waals surface area contributed by atoms with Crippen LogP contribution >= 0.6 is 0 Å². The van der Waals surface area contributed by atoms with E-state index >= 15 is 0 Å². The molecule has 3 nitrogen and oxygen atoms in total. The molecule has 0 aliphatic rings. The summed E-state index contributed by atoms with van der Waals surface area (Å²) in [6.45, 7) is 4.53. The van der Waals surface area contributed by atoms with Crippen molar-refractivity contribution in [1.82, 2.24) is 9.97 Å². The van der Waals surface area contributed by atoms with Gasteiger partial charge in [0.1, 0.15) is 5.75 Å². The minimum Gasteiger partial charge on any atom is -0.465 e. The molecule has 3 heteroatoms. The molecule has 33 heavy (non-hydrogen) atoms. The van der Waals surface area contributed by atoms with Crippen LogP contribution < -0.4 is 4.74 Å². The SMILES string of the molecule is CCCCCCCCCC/C=C\Oc1ccc(-c2ncc(CCCCCCCC)cn2)cc1. The van der Waals surface area contributed by atoms with Gasteiger partial charge in [-0.15, -0.1) is 0 Å². The smallest absolute Gasteiger partial charge is 0.159 e. The van der Waals surface area contributed by atoms with Crippen LogP contribution in [0.3, 0.4) is 0 Å². The fourth-order valence-electron chi connectivity index (χ4n) is 4.02. The molecule has 0 atom stereocenters. The second-order valence-electron chi connectivity index (χ2n) is 9.21. The summed E-state index contributed by atoms with van der Waals surface area (Å²) in [5.74, 6) is 1.63. The lowest BCUT2D eigenvalue weighted by Crippen LogP contribution is -1.93. The molecule has 1 heterocycles. The lowest BCUT2D eigenvalue weighted by molar-refractivity contribution is 0.477. The Hall–Kier alpha value is -2.16. The largest absolute Gasteiger partial charge is 0.465 e. The minimum atomic E-state index is 0.776. The molecule has 0 radical (unpaired) electrons. The Morgan fingerprint density at radius 2 is 1.21 bits per heavy atom. The van der Waals surface area contributed by atoms with Crippen molar-refractivity contribution >= 4 is 0 Å². The van der Waals surface area contributed by atoms with E-state index < -0.39 is 0 Å². The van der Waals surface area contributed by atoms with Gasteiger partial charge in [0.05, 0.1) is 6.26 Å². The first-order valence-corrected chi connectivity index (χ1v) is 13.6. The van der Waals surface area contributed by atoms with Gasteiger partial charge in [-0.25, -0.2) is 9.97 Å². The molecule has 182 valence electrons. The van der Waals surface area contributed by atoms with Crippen LogP contribution in [0, 0.1) is 0 Å². The van der Waals surface area contributed by atoms with Gasteiger partial charge in [-0.3, -0.25) is 0 Å². The van der Waals surface area contributed by atoms with E-state index in [9.17, 15) is 0 Å². The van der Waals surface area contributed by atoms with E-state index in [1.54, 1.807) is 0 Å². The number of aromatic nitrogens is 2. The molecular formula is C30H46N2O. The maximum absolute atomic E-state index is 5.75. The van der Waals surface area contributed by atoms with Crippen LogP contribution in [-0.2, 0) is 6.42 Å². The van der Waals surface area contributed by atoms with Crippen LogP contribution in [0.5, 0.6) is 5.75 Å². The summed E-state index contributed by atoms with van der Waals surface area (Å²) in [4.78, 5) is 9.15. The van der Waals surface area contributed by atoms with Gasteiger partial charge in [-0.2, -0.15) is 0 Å². The fraction of sp³-hybridized carbons (Fsp3) is 0.600. The summed E-state index contributed by atoms with van der Waals surface area (Å²) in [5.41, 5.74) is 2.26. The number of unbranched alkanes of at least 4 members (excludes halogenated alkanes) is 13. The summed E-state index contributed by atoms with van der Waals surface area (Å²) < 4.78 is 5.75. The maximum atomic E-state index is 5.75. The maximum Gasteiger partial charge on any atom is 0.159 e. The quantitative estimate of drug-likeness (QED) is 0.158. The van der Waals surface area contributed by atoms with Crippen LogP contribution in [0.2, 0.25) is 0 Å². The molecule has 0 amide bonds. The van der Waals surface area contributed by atoms with E-state index in [0.717, 1.165) is 30.0 Å². The van der Waals surface area contributed by atoms with Crippen LogP contribution in [-0.4, -0.2) is 9.97 Å². The van der Waals surface area contributed by atoms with Gasteiger partial charge in [-0.05, 0) is 61.6 Å². The van der Waals surface area contributed by atoms with Crippen molar-refractivity contribution < 1.29 is 4.74 Å². The summed E-state index contributed by atoms with van der Waals surface area (Å²) in [7, 11) is 0. The van der Waals surface area contributed by atoms with Gasteiger partial charge in [0, 0.05) is 18.0 Å². The Morgan fingerprint density at radius 1 is 0.667 bits per heavy atom.